The molecular weight excluding hydrogens is 314 g/mol. The lowest BCUT2D eigenvalue weighted by Gasteiger charge is -2.11. The van der Waals surface area contributed by atoms with Gasteiger partial charge in [-0.2, -0.15) is 5.10 Å². The Bertz CT molecular complexity index is 857. The number of benzene rings is 2. The molecule has 1 unspecified atom stereocenters. The molecule has 1 N–H and O–H groups in total. The number of anilines is 1. The third-order valence-corrected chi connectivity index (χ3v) is 4.25. The molecule has 0 spiro atoms. The first-order valence-corrected chi connectivity index (χ1v) is 8.40. The van der Waals surface area contributed by atoms with Crippen molar-refractivity contribution in [1.29, 1.82) is 0 Å². The second kappa shape index (κ2) is 7.75. The van der Waals surface area contributed by atoms with Crippen LogP contribution in [0.3, 0.4) is 0 Å². The first-order chi connectivity index (χ1) is 12.2. The number of fused-ring (bicyclic) bond motifs is 1. The standard InChI is InChI=1S/C20H21N3O2/c1-3-14(2)15-8-10-17(11-9-15)22-19(24)13-25-20-18-7-5-4-6-16(18)12-21-23-20/h4-12,14H,3,13H2,1-2H3,(H,22,24). The molecule has 5 heteroatoms. The summed E-state index contributed by atoms with van der Waals surface area (Å²) in [5, 5.41) is 12.5. The summed E-state index contributed by atoms with van der Waals surface area (Å²) in [6, 6.07) is 15.6. The van der Waals surface area contributed by atoms with Gasteiger partial charge in [0, 0.05) is 16.5 Å². The van der Waals surface area contributed by atoms with Crippen molar-refractivity contribution >= 4 is 22.4 Å². The number of carbonyl (C=O) groups excluding carboxylic acids is 1. The Labute approximate surface area is 147 Å². The monoisotopic (exact) mass is 335 g/mol. The van der Waals surface area contributed by atoms with Crippen LogP contribution in [0.1, 0.15) is 31.7 Å². The minimum Gasteiger partial charge on any atom is -0.466 e. The highest BCUT2D eigenvalue weighted by Crippen LogP contribution is 2.22. The van der Waals surface area contributed by atoms with Crippen molar-refractivity contribution in [2.45, 2.75) is 26.2 Å². The average molecular weight is 335 g/mol. The van der Waals surface area contributed by atoms with Gasteiger partial charge in [0.15, 0.2) is 6.61 Å². The van der Waals surface area contributed by atoms with Crippen LogP contribution >= 0.6 is 0 Å². The van der Waals surface area contributed by atoms with Crippen molar-refractivity contribution in [2.24, 2.45) is 0 Å². The summed E-state index contributed by atoms with van der Waals surface area (Å²) in [5.41, 5.74) is 2.02. The van der Waals surface area contributed by atoms with E-state index in [4.69, 9.17) is 4.74 Å². The molecule has 0 fully saturated rings. The van der Waals surface area contributed by atoms with Crippen molar-refractivity contribution in [3.63, 3.8) is 0 Å². The van der Waals surface area contributed by atoms with Crippen LogP contribution < -0.4 is 10.1 Å². The predicted molar refractivity (Wildman–Crippen MR) is 98.8 cm³/mol. The molecule has 0 saturated heterocycles. The highest BCUT2D eigenvalue weighted by Gasteiger charge is 2.09. The maximum absolute atomic E-state index is 12.1. The SMILES string of the molecule is CCC(C)c1ccc(NC(=O)COc2nncc3ccccc23)cc1. The van der Waals surface area contributed by atoms with E-state index in [1.807, 2.05) is 48.5 Å². The predicted octanol–water partition coefficient (Wildman–Crippen LogP) is 4.16. The first kappa shape index (κ1) is 16.9. The number of aromatic nitrogens is 2. The second-order valence-corrected chi connectivity index (χ2v) is 6.01. The third-order valence-electron chi connectivity index (χ3n) is 4.25. The molecule has 25 heavy (non-hydrogen) atoms. The lowest BCUT2D eigenvalue weighted by atomic mass is 9.99. The van der Waals surface area contributed by atoms with Crippen molar-refractivity contribution in [3.8, 4) is 5.88 Å². The molecule has 3 rings (SSSR count). The molecule has 0 saturated carbocycles. The van der Waals surface area contributed by atoms with Crippen molar-refractivity contribution in [2.75, 3.05) is 11.9 Å². The van der Waals surface area contributed by atoms with E-state index >= 15 is 0 Å². The van der Waals surface area contributed by atoms with Gasteiger partial charge in [0.25, 0.3) is 5.91 Å². The van der Waals surface area contributed by atoms with E-state index in [0.717, 1.165) is 22.9 Å². The molecule has 1 amide bonds. The van der Waals surface area contributed by atoms with E-state index < -0.39 is 0 Å². The molecule has 128 valence electrons. The maximum atomic E-state index is 12.1. The molecular formula is C20H21N3O2. The Morgan fingerprint density at radius 3 is 2.68 bits per heavy atom. The fourth-order valence-corrected chi connectivity index (χ4v) is 2.57. The van der Waals surface area contributed by atoms with E-state index in [9.17, 15) is 4.79 Å². The van der Waals surface area contributed by atoms with E-state index in [1.54, 1.807) is 6.20 Å². The number of carbonyl (C=O) groups is 1. The van der Waals surface area contributed by atoms with Crippen LogP contribution in [0, 0.1) is 0 Å². The van der Waals surface area contributed by atoms with Crippen LogP contribution in [0.4, 0.5) is 5.69 Å². The van der Waals surface area contributed by atoms with Crippen molar-refractivity contribution in [1.82, 2.24) is 10.2 Å². The Morgan fingerprint density at radius 2 is 1.92 bits per heavy atom. The van der Waals surface area contributed by atoms with Gasteiger partial charge in [-0.15, -0.1) is 5.10 Å². The summed E-state index contributed by atoms with van der Waals surface area (Å²) in [7, 11) is 0. The van der Waals surface area contributed by atoms with Crippen molar-refractivity contribution < 1.29 is 9.53 Å². The number of nitrogens with zero attached hydrogens (tertiary/aromatic N) is 2. The van der Waals surface area contributed by atoms with E-state index in [0.29, 0.717) is 11.8 Å². The van der Waals surface area contributed by atoms with Gasteiger partial charge < -0.3 is 10.1 Å². The maximum Gasteiger partial charge on any atom is 0.262 e. The van der Waals surface area contributed by atoms with Gasteiger partial charge in [-0.05, 0) is 36.1 Å². The topological polar surface area (TPSA) is 64.1 Å². The van der Waals surface area contributed by atoms with E-state index in [1.165, 1.54) is 5.56 Å². The fraction of sp³-hybridized carbons (Fsp3) is 0.250. The lowest BCUT2D eigenvalue weighted by Crippen LogP contribution is -2.20. The smallest absolute Gasteiger partial charge is 0.262 e. The molecule has 1 heterocycles. The van der Waals surface area contributed by atoms with Gasteiger partial charge in [0.1, 0.15) is 0 Å². The summed E-state index contributed by atoms with van der Waals surface area (Å²) in [6.07, 6.45) is 2.76. The minimum atomic E-state index is -0.231. The first-order valence-electron chi connectivity index (χ1n) is 8.40. The highest BCUT2D eigenvalue weighted by atomic mass is 16.5. The van der Waals surface area contributed by atoms with Gasteiger partial charge >= 0.3 is 0 Å². The number of nitrogens with one attached hydrogen (secondary N) is 1. The van der Waals surface area contributed by atoms with Gasteiger partial charge in [0.05, 0.1) is 6.20 Å². The summed E-state index contributed by atoms with van der Waals surface area (Å²) in [4.78, 5) is 12.1. The molecule has 2 aromatic carbocycles. The fourth-order valence-electron chi connectivity index (χ4n) is 2.57. The normalized spacial score (nSPS) is 11.9. The average Bonchev–Trinajstić information content (AvgIpc) is 2.66. The zero-order chi connectivity index (χ0) is 17.6. The van der Waals surface area contributed by atoms with Crippen LogP contribution in [-0.2, 0) is 4.79 Å². The zero-order valence-electron chi connectivity index (χ0n) is 14.4. The summed E-state index contributed by atoms with van der Waals surface area (Å²) in [5.74, 6) is 0.643. The molecule has 1 atom stereocenters. The van der Waals surface area contributed by atoms with Crippen LogP contribution in [0.5, 0.6) is 5.88 Å². The summed E-state index contributed by atoms with van der Waals surface area (Å²) in [6.45, 7) is 4.23. The summed E-state index contributed by atoms with van der Waals surface area (Å²) < 4.78 is 5.55. The van der Waals surface area contributed by atoms with Crippen molar-refractivity contribution in [3.05, 3.63) is 60.3 Å². The largest absolute Gasteiger partial charge is 0.466 e. The number of hydrogen-bond acceptors (Lipinski definition) is 4. The molecule has 0 aliphatic carbocycles. The lowest BCUT2D eigenvalue weighted by molar-refractivity contribution is -0.118. The second-order valence-electron chi connectivity index (χ2n) is 6.01. The molecule has 0 radical (unpaired) electrons. The molecule has 3 aromatic rings. The third kappa shape index (κ3) is 4.12. The van der Waals surface area contributed by atoms with Crippen LogP contribution in [0.25, 0.3) is 10.8 Å². The molecule has 0 aliphatic heterocycles. The Morgan fingerprint density at radius 1 is 1.16 bits per heavy atom. The van der Waals surface area contributed by atoms with E-state index in [2.05, 4.69) is 29.4 Å². The van der Waals surface area contributed by atoms with Crippen LogP contribution in [0.15, 0.2) is 54.7 Å². The van der Waals surface area contributed by atoms with Gasteiger partial charge in [0.2, 0.25) is 5.88 Å². The number of amides is 1. The minimum absolute atomic E-state index is 0.115. The highest BCUT2D eigenvalue weighted by molar-refractivity contribution is 5.92. The Balaban J connectivity index is 1.61. The van der Waals surface area contributed by atoms with Gasteiger partial charge in [-0.3, -0.25) is 4.79 Å². The Hall–Kier alpha value is -2.95. The van der Waals surface area contributed by atoms with Crippen LogP contribution in [0.2, 0.25) is 0 Å². The molecule has 0 bridgehead atoms. The quantitative estimate of drug-likeness (QED) is 0.734. The molecule has 1 aromatic heterocycles. The van der Waals surface area contributed by atoms with Crippen LogP contribution in [-0.4, -0.2) is 22.7 Å². The van der Waals surface area contributed by atoms with Gasteiger partial charge in [-0.1, -0.05) is 44.2 Å². The van der Waals surface area contributed by atoms with Gasteiger partial charge in [-0.25, -0.2) is 0 Å². The molecule has 0 aliphatic rings. The zero-order valence-corrected chi connectivity index (χ0v) is 14.4. The number of ether oxygens (including phenoxy) is 1. The summed E-state index contributed by atoms with van der Waals surface area (Å²) >= 11 is 0. The number of hydrogen-bond donors (Lipinski definition) is 1. The molecule has 5 nitrogen and oxygen atoms in total. The Kier molecular flexibility index (Phi) is 5.23. The van der Waals surface area contributed by atoms with E-state index in [-0.39, 0.29) is 12.5 Å². The number of rotatable bonds is 6.